The van der Waals surface area contributed by atoms with Gasteiger partial charge in [-0.15, -0.1) is 4.28 Å². The molecule has 21 heavy (non-hydrogen) atoms. The second kappa shape index (κ2) is 6.91. The first-order chi connectivity index (χ1) is 9.96. The van der Waals surface area contributed by atoms with E-state index in [-0.39, 0.29) is 12.6 Å². The molecule has 116 valence electrons. The number of carbonyl (C=O) groups is 1. The van der Waals surface area contributed by atoms with Crippen molar-refractivity contribution in [1.82, 2.24) is 5.06 Å². The maximum atomic E-state index is 12.1. The summed E-state index contributed by atoms with van der Waals surface area (Å²) in [4.78, 5) is 12.1. The number of hydrogen-bond acceptors (Lipinski definition) is 5. The van der Waals surface area contributed by atoms with E-state index < -0.39 is 16.2 Å². The SMILES string of the molecule is CS(=O)(=O)ON(C(=O)OCc1ccccc1)C1CCCC1. The van der Waals surface area contributed by atoms with Gasteiger partial charge in [-0.2, -0.15) is 13.5 Å². The summed E-state index contributed by atoms with van der Waals surface area (Å²) in [7, 11) is -3.76. The monoisotopic (exact) mass is 313 g/mol. The maximum absolute atomic E-state index is 12.1. The minimum Gasteiger partial charge on any atom is -0.443 e. The van der Waals surface area contributed by atoms with E-state index in [4.69, 9.17) is 9.02 Å². The van der Waals surface area contributed by atoms with Crippen LogP contribution in [0.25, 0.3) is 0 Å². The molecule has 0 aliphatic heterocycles. The summed E-state index contributed by atoms with van der Waals surface area (Å²) >= 11 is 0. The van der Waals surface area contributed by atoms with E-state index in [1.54, 1.807) is 0 Å². The predicted octanol–water partition coefficient (Wildman–Crippen LogP) is 2.46. The van der Waals surface area contributed by atoms with Crippen LogP contribution in [0.1, 0.15) is 31.2 Å². The summed E-state index contributed by atoms with van der Waals surface area (Å²) in [5, 5.41) is 0.866. The number of benzene rings is 1. The second-order valence-electron chi connectivity index (χ2n) is 5.08. The van der Waals surface area contributed by atoms with Crippen LogP contribution in [-0.2, 0) is 25.7 Å². The number of hydrogen-bond donors (Lipinski definition) is 0. The smallest absolute Gasteiger partial charge is 0.435 e. The van der Waals surface area contributed by atoms with Crippen LogP contribution in [0.3, 0.4) is 0 Å². The molecule has 1 fully saturated rings. The van der Waals surface area contributed by atoms with Crippen LogP contribution in [0.2, 0.25) is 0 Å². The molecular weight excluding hydrogens is 294 g/mol. The Morgan fingerprint density at radius 1 is 1.24 bits per heavy atom. The zero-order valence-corrected chi connectivity index (χ0v) is 12.7. The van der Waals surface area contributed by atoms with Crippen LogP contribution >= 0.6 is 0 Å². The van der Waals surface area contributed by atoms with Gasteiger partial charge in [0.05, 0.1) is 12.3 Å². The minimum absolute atomic E-state index is 0.0794. The lowest BCUT2D eigenvalue weighted by Gasteiger charge is -2.25. The fourth-order valence-corrected chi connectivity index (χ4v) is 2.78. The van der Waals surface area contributed by atoms with Crippen molar-refractivity contribution in [2.24, 2.45) is 0 Å². The molecule has 1 aliphatic carbocycles. The van der Waals surface area contributed by atoms with Crippen LogP contribution in [0.15, 0.2) is 30.3 Å². The Morgan fingerprint density at radius 2 is 1.86 bits per heavy atom. The Bertz CT molecular complexity index is 566. The van der Waals surface area contributed by atoms with Crippen molar-refractivity contribution in [3.8, 4) is 0 Å². The molecule has 0 saturated heterocycles. The van der Waals surface area contributed by atoms with Gasteiger partial charge in [-0.1, -0.05) is 43.2 Å². The van der Waals surface area contributed by atoms with Crippen molar-refractivity contribution in [1.29, 1.82) is 0 Å². The first-order valence-corrected chi connectivity index (χ1v) is 8.67. The first kappa shape index (κ1) is 15.8. The van der Waals surface area contributed by atoms with Gasteiger partial charge < -0.3 is 4.74 Å². The third-order valence-electron chi connectivity index (χ3n) is 3.26. The number of carbonyl (C=O) groups excluding carboxylic acids is 1. The largest absolute Gasteiger partial charge is 0.443 e. The molecule has 1 aliphatic rings. The fraction of sp³-hybridized carbons (Fsp3) is 0.500. The fourth-order valence-electron chi connectivity index (χ4n) is 2.31. The zero-order valence-electron chi connectivity index (χ0n) is 11.9. The first-order valence-electron chi connectivity index (χ1n) is 6.85. The lowest BCUT2D eigenvalue weighted by Crippen LogP contribution is -2.40. The number of hydroxylamine groups is 2. The molecule has 6 nitrogen and oxygen atoms in total. The van der Waals surface area contributed by atoms with Crippen molar-refractivity contribution in [2.45, 2.75) is 38.3 Å². The van der Waals surface area contributed by atoms with Gasteiger partial charge in [0, 0.05) is 0 Å². The average molecular weight is 313 g/mol. The standard InChI is InChI=1S/C14H19NO5S/c1-21(17,18)20-15(13-9-5-6-10-13)14(16)19-11-12-7-3-2-4-8-12/h2-4,7-8,13H,5-6,9-11H2,1H3. The summed E-state index contributed by atoms with van der Waals surface area (Å²) in [5.41, 5.74) is 0.830. The molecule has 1 aromatic carbocycles. The Morgan fingerprint density at radius 3 is 2.43 bits per heavy atom. The van der Waals surface area contributed by atoms with Gasteiger partial charge in [-0.05, 0) is 18.4 Å². The van der Waals surface area contributed by atoms with Crippen LogP contribution < -0.4 is 0 Å². The molecule has 7 heteroatoms. The molecule has 1 saturated carbocycles. The highest BCUT2D eigenvalue weighted by Gasteiger charge is 2.31. The van der Waals surface area contributed by atoms with Crippen molar-refractivity contribution >= 4 is 16.2 Å². The molecule has 0 N–H and O–H groups in total. The van der Waals surface area contributed by atoms with E-state index in [9.17, 15) is 13.2 Å². The molecule has 0 heterocycles. The molecule has 0 radical (unpaired) electrons. The van der Waals surface area contributed by atoms with Crippen LogP contribution in [-0.4, -0.2) is 31.9 Å². The third kappa shape index (κ3) is 5.02. The van der Waals surface area contributed by atoms with Crippen molar-refractivity contribution in [3.63, 3.8) is 0 Å². The van der Waals surface area contributed by atoms with Crippen LogP contribution in [0.5, 0.6) is 0 Å². The summed E-state index contributed by atoms with van der Waals surface area (Å²) in [6.45, 7) is 0.0794. The van der Waals surface area contributed by atoms with Crippen LogP contribution in [0.4, 0.5) is 4.79 Å². The third-order valence-corrected chi connectivity index (χ3v) is 3.69. The van der Waals surface area contributed by atoms with Gasteiger partial charge >= 0.3 is 6.09 Å². The van der Waals surface area contributed by atoms with Crippen molar-refractivity contribution in [2.75, 3.05) is 6.26 Å². The predicted molar refractivity (Wildman–Crippen MR) is 76.7 cm³/mol. The van der Waals surface area contributed by atoms with E-state index in [0.29, 0.717) is 0 Å². The average Bonchev–Trinajstić information content (AvgIpc) is 2.96. The van der Waals surface area contributed by atoms with Gasteiger partial charge in [0.1, 0.15) is 6.61 Å². The van der Waals surface area contributed by atoms with Crippen molar-refractivity contribution < 1.29 is 22.2 Å². The molecule has 1 amide bonds. The van der Waals surface area contributed by atoms with E-state index in [0.717, 1.165) is 42.6 Å². The summed E-state index contributed by atoms with van der Waals surface area (Å²) in [6.07, 6.45) is 3.47. The Kier molecular flexibility index (Phi) is 5.19. The Hall–Kier alpha value is -1.60. The van der Waals surface area contributed by atoms with Gasteiger partial charge in [0.25, 0.3) is 10.1 Å². The van der Waals surface area contributed by atoms with E-state index in [1.807, 2.05) is 30.3 Å². The molecular formula is C14H19NO5S. The van der Waals surface area contributed by atoms with Crippen molar-refractivity contribution in [3.05, 3.63) is 35.9 Å². The Balaban J connectivity index is 2.00. The normalized spacial score (nSPS) is 15.9. The quantitative estimate of drug-likeness (QED) is 0.781. The van der Waals surface area contributed by atoms with Crippen LogP contribution in [0, 0.1) is 0 Å². The minimum atomic E-state index is -3.76. The molecule has 0 atom stereocenters. The highest BCUT2D eigenvalue weighted by Crippen LogP contribution is 2.25. The van der Waals surface area contributed by atoms with Gasteiger partial charge in [-0.25, -0.2) is 4.79 Å². The number of ether oxygens (including phenoxy) is 1. The summed E-state index contributed by atoms with van der Waals surface area (Å²) < 4.78 is 32.6. The van der Waals surface area contributed by atoms with E-state index in [2.05, 4.69) is 0 Å². The molecule has 1 aromatic rings. The van der Waals surface area contributed by atoms with Gasteiger partial charge in [-0.3, -0.25) is 0 Å². The zero-order chi connectivity index (χ0) is 15.3. The van der Waals surface area contributed by atoms with E-state index in [1.165, 1.54) is 0 Å². The second-order valence-corrected chi connectivity index (χ2v) is 6.64. The summed E-state index contributed by atoms with van der Waals surface area (Å²) in [6, 6.07) is 8.94. The molecule has 0 spiro atoms. The molecule has 2 rings (SSSR count). The Labute approximate surface area is 124 Å². The lowest BCUT2D eigenvalue weighted by molar-refractivity contribution is -0.0728. The van der Waals surface area contributed by atoms with Gasteiger partial charge in [0.2, 0.25) is 0 Å². The van der Waals surface area contributed by atoms with Gasteiger partial charge in [0.15, 0.2) is 0 Å². The number of rotatable bonds is 5. The molecule has 0 unspecified atom stereocenters. The highest BCUT2D eigenvalue weighted by molar-refractivity contribution is 7.85. The topological polar surface area (TPSA) is 72.9 Å². The molecule has 0 bridgehead atoms. The lowest BCUT2D eigenvalue weighted by atomic mass is 10.2. The molecule has 0 aromatic heterocycles. The number of amides is 1. The summed E-state index contributed by atoms with van der Waals surface area (Å²) in [5.74, 6) is 0. The van der Waals surface area contributed by atoms with E-state index >= 15 is 0 Å². The maximum Gasteiger partial charge on any atom is 0.435 e. The highest BCUT2D eigenvalue weighted by atomic mass is 32.2. The number of nitrogens with zero attached hydrogens (tertiary/aromatic N) is 1.